The van der Waals surface area contributed by atoms with E-state index in [9.17, 15) is 14.7 Å². The summed E-state index contributed by atoms with van der Waals surface area (Å²) >= 11 is 0. The number of carbonyl (C=O) groups is 2. The number of nitrogens with zero attached hydrogens (tertiary/aromatic N) is 2. The molecule has 2 aliphatic rings. The van der Waals surface area contributed by atoms with Crippen LogP contribution in [0.2, 0.25) is 0 Å². The lowest BCUT2D eigenvalue weighted by molar-refractivity contribution is -0.140. The Bertz CT molecular complexity index is 1100. The van der Waals surface area contributed by atoms with Gasteiger partial charge >= 0.3 is 0 Å². The standard InChI is InChI=1S/C28H34N2O5/c1-4-20-6-8-21(9-7-20)25-24(26(31)23-11-10-22(34-3)18-19(23)2)27(32)28(33)30(25)13-5-12-29-14-16-35-17-15-29/h6-11,18,25,31H,4-5,12-17H2,1-3H3/t25-/m1/s1. The monoisotopic (exact) mass is 478 g/mol. The molecule has 0 bridgehead atoms. The van der Waals surface area contributed by atoms with Crippen LogP contribution < -0.4 is 4.74 Å². The highest BCUT2D eigenvalue weighted by Gasteiger charge is 2.46. The number of aliphatic hydroxyl groups excluding tert-OH is 1. The summed E-state index contributed by atoms with van der Waals surface area (Å²) in [6, 6.07) is 12.6. The van der Waals surface area contributed by atoms with Crippen LogP contribution in [0.3, 0.4) is 0 Å². The number of hydrogen-bond donors (Lipinski definition) is 1. The third kappa shape index (κ3) is 5.26. The van der Waals surface area contributed by atoms with Crippen molar-refractivity contribution < 1.29 is 24.2 Å². The number of hydrogen-bond acceptors (Lipinski definition) is 6. The molecule has 0 aliphatic carbocycles. The summed E-state index contributed by atoms with van der Waals surface area (Å²) < 4.78 is 10.7. The van der Waals surface area contributed by atoms with E-state index in [1.807, 2.05) is 31.2 Å². The maximum Gasteiger partial charge on any atom is 0.295 e. The highest BCUT2D eigenvalue weighted by atomic mass is 16.5. The maximum absolute atomic E-state index is 13.3. The van der Waals surface area contributed by atoms with Crippen molar-refractivity contribution in [1.82, 2.24) is 9.80 Å². The van der Waals surface area contributed by atoms with Gasteiger partial charge in [0.2, 0.25) is 0 Å². The molecule has 2 heterocycles. The summed E-state index contributed by atoms with van der Waals surface area (Å²) in [7, 11) is 1.58. The van der Waals surface area contributed by atoms with Gasteiger partial charge in [-0.25, -0.2) is 0 Å². The third-order valence-corrected chi connectivity index (χ3v) is 6.91. The number of ketones is 1. The van der Waals surface area contributed by atoms with Crippen LogP contribution in [0.5, 0.6) is 5.75 Å². The minimum absolute atomic E-state index is 0.138. The number of Topliss-reactive ketones (excluding diaryl/α,β-unsaturated/α-hetero) is 1. The van der Waals surface area contributed by atoms with Gasteiger partial charge in [0.15, 0.2) is 0 Å². The summed E-state index contributed by atoms with van der Waals surface area (Å²) in [6.07, 6.45) is 1.63. The van der Waals surface area contributed by atoms with Crippen LogP contribution in [0.4, 0.5) is 0 Å². The van der Waals surface area contributed by atoms with Gasteiger partial charge in [-0.15, -0.1) is 0 Å². The number of aliphatic hydroxyl groups is 1. The number of aryl methyl sites for hydroxylation is 2. The largest absolute Gasteiger partial charge is 0.507 e. The molecule has 35 heavy (non-hydrogen) atoms. The second kappa shape index (κ2) is 11.1. The molecule has 2 fully saturated rings. The lowest BCUT2D eigenvalue weighted by Crippen LogP contribution is -2.38. The second-order valence-corrected chi connectivity index (χ2v) is 9.08. The summed E-state index contributed by atoms with van der Waals surface area (Å²) in [5.74, 6) is -0.698. The van der Waals surface area contributed by atoms with Crippen LogP contribution in [-0.2, 0) is 20.7 Å². The summed E-state index contributed by atoms with van der Waals surface area (Å²) in [6.45, 7) is 8.37. The second-order valence-electron chi connectivity index (χ2n) is 9.08. The number of carbonyl (C=O) groups excluding carboxylic acids is 2. The van der Waals surface area contributed by atoms with Gasteiger partial charge in [0, 0.05) is 31.7 Å². The highest BCUT2D eigenvalue weighted by molar-refractivity contribution is 6.46. The van der Waals surface area contributed by atoms with Crippen LogP contribution in [0.15, 0.2) is 48.0 Å². The molecule has 1 amide bonds. The predicted octanol–water partition coefficient (Wildman–Crippen LogP) is 3.71. The first kappa shape index (κ1) is 24.9. The fourth-order valence-corrected chi connectivity index (χ4v) is 4.86. The van der Waals surface area contributed by atoms with E-state index in [2.05, 4.69) is 11.8 Å². The Morgan fingerprint density at radius 1 is 1.09 bits per heavy atom. The van der Waals surface area contributed by atoms with Crippen molar-refractivity contribution in [1.29, 1.82) is 0 Å². The molecule has 186 valence electrons. The zero-order chi connectivity index (χ0) is 24.9. The zero-order valence-electron chi connectivity index (χ0n) is 20.8. The first-order chi connectivity index (χ1) is 16.9. The number of methoxy groups -OCH3 is 1. The third-order valence-electron chi connectivity index (χ3n) is 6.91. The van der Waals surface area contributed by atoms with E-state index in [0.717, 1.165) is 56.8 Å². The molecule has 0 unspecified atom stereocenters. The van der Waals surface area contributed by atoms with Gasteiger partial charge in [0.1, 0.15) is 11.5 Å². The molecule has 7 nitrogen and oxygen atoms in total. The van der Waals surface area contributed by atoms with Gasteiger partial charge in [-0.05, 0) is 54.7 Å². The molecule has 2 aromatic carbocycles. The van der Waals surface area contributed by atoms with E-state index in [1.165, 1.54) is 5.56 Å². The van der Waals surface area contributed by atoms with Crippen LogP contribution in [0.25, 0.3) is 5.76 Å². The van der Waals surface area contributed by atoms with E-state index < -0.39 is 17.7 Å². The average molecular weight is 479 g/mol. The Labute approximate surface area is 206 Å². The molecular formula is C28H34N2O5. The van der Waals surface area contributed by atoms with E-state index >= 15 is 0 Å². The van der Waals surface area contributed by atoms with Crippen molar-refractivity contribution in [2.75, 3.05) is 46.5 Å². The van der Waals surface area contributed by atoms with Gasteiger partial charge < -0.3 is 19.5 Å². The lowest BCUT2D eigenvalue weighted by Gasteiger charge is -2.29. The van der Waals surface area contributed by atoms with Crippen molar-refractivity contribution in [3.63, 3.8) is 0 Å². The van der Waals surface area contributed by atoms with Gasteiger partial charge in [-0.1, -0.05) is 31.2 Å². The van der Waals surface area contributed by atoms with Gasteiger partial charge in [0.05, 0.1) is 31.9 Å². The number of benzene rings is 2. The average Bonchev–Trinajstić information content (AvgIpc) is 3.14. The van der Waals surface area contributed by atoms with Crippen LogP contribution >= 0.6 is 0 Å². The molecule has 1 atom stereocenters. The molecule has 0 radical (unpaired) electrons. The number of morpholine rings is 1. The zero-order valence-corrected chi connectivity index (χ0v) is 20.8. The molecule has 2 aliphatic heterocycles. The van der Waals surface area contributed by atoms with Gasteiger partial charge in [-0.3, -0.25) is 14.5 Å². The number of likely N-dealkylation sites (tertiary alicyclic amines) is 1. The normalized spacial score (nSPS) is 20.4. The topological polar surface area (TPSA) is 79.3 Å². The smallest absolute Gasteiger partial charge is 0.295 e. The fraction of sp³-hybridized carbons (Fsp3) is 0.429. The molecule has 2 aromatic rings. The molecule has 1 N–H and O–H groups in total. The van der Waals surface area contributed by atoms with Gasteiger partial charge in [0.25, 0.3) is 11.7 Å². The van der Waals surface area contributed by atoms with Crippen molar-refractivity contribution in [3.8, 4) is 5.75 Å². The van der Waals surface area contributed by atoms with E-state index in [1.54, 1.807) is 30.2 Å². The molecule has 4 rings (SSSR count). The summed E-state index contributed by atoms with van der Waals surface area (Å²) in [4.78, 5) is 30.4. The molecule has 0 spiro atoms. The Balaban J connectivity index is 1.70. The predicted molar refractivity (Wildman–Crippen MR) is 134 cm³/mol. The molecule has 0 aromatic heterocycles. The van der Waals surface area contributed by atoms with Crippen LogP contribution in [-0.4, -0.2) is 73.1 Å². The van der Waals surface area contributed by atoms with E-state index in [4.69, 9.17) is 9.47 Å². The quantitative estimate of drug-likeness (QED) is 0.354. The minimum atomic E-state index is -0.645. The summed E-state index contributed by atoms with van der Waals surface area (Å²) in [5.41, 5.74) is 3.41. The first-order valence-corrected chi connectivity index (χ1v) is 12.3. The summed E-state index contributed by atoms with van der Waals surface area (Å²) in [5, 5.41) is 11.3. The maximum atomic E-state index is 13.3. The van der Waals surface area contributed by atoms with Crippen LogP contribution in [0, 0.1) is 6.92 Å². The molecule has 2 saturated heterocycles. The van der Waals surface area contributed by atoms with Crippen molar-refractivity contribution in [3.05, 3.63) is 70.3 Å². The van der Waals surface area contributed by atoms with Crippen LogP contribution in [0.1, 0.15) is 41.6 Å². The SMILES string of the molecule is CCc1ccc([C@@H]2C(=C(O)c3ccc(OC)cc3C)C(=O)C(=O)N2CCCN2CCOCC2)cc1. The first-order valence-electron chi connectivity index (χ1n) is 12.3. The Kier molecular flexibility index (Phi) is 7.88. The number of rotatable bonds is 8. The van der Waals surface area contributed by atoms with E-state index in [-0.39, 0.29) is 11.3 Å². The van der Waals surface area contributed by atoms with Crippen molar-refractivity contribution >= 4 is 17.4 Å². The number of ether oxygens (including phenoxy) is 2. The minimum Gasteiger partial charge on any atom is -0.507 e. The lowest BCUT2D eigenvalue weighted by atomic mass is 9.93. The van der Waals surface area contributed by atoms with Gasteiger partial charge in [-0.2, -0.15) is 0 Å². The Morgan fingerprint density at radius 2 is 1.80 bits per heavy atom. The molecule has 7 heteroatoms. The highest BCUT2D eigenvalue weighted by Crippen LogP contribution is 2.40. The molecule has 0 saturated carbocycles. The van der Waals surface area contributed by atoms with Crippen molar-refractivity contribution in [2.24, 2.45) is 0 Å². The fourth-order valence-electron chi connectivity index (χ4n) is 4.86. The molecular weight excluding hydrogens is 444 g/mol. The Hall–Kier alpha value is -3.16. The number of amides is 1. The van der Waals surface area contributed by atoms with E-state index in [0.29, 0.717) is 17.9 Å². The van der Waals surface area contributed by atoms with Crippen molar-refractivity contribution in [2.45, 2.75) is 32.7 Å². The Morgan fingerprint density at radius 3 is 2.43 bits per heavy atom.